The van der Waals surface area contributed by atoms with Crippen LogP contribution in [-0.2, 0) is 0 Å². The van der Waals surface area contributed by atoms with E-state index >= 15 is 0 Å². The zero-order valence-electron chi connectivity index (χ0n) is 12.5. The highest BCUT2D eigenvalue weighted by Crippen LogP contribution is 2.29. The zero-order chi connectivity index (χ0) is 16.1. The van der Waals surface area contributed by atoms with E-state index in [1.807, 2.05) is 6.92 Å². The molecule has 0 radical (unpaired) electrons. The van der Waals surface area contributed by atoms with Crippen molar-refractivity contribution in [2.75, 3.05) is 19.5 Å². The summed E-state index contributed by atoms with van der Waals surface area (Å²) in [4.78, 5) is 12.0. The fraction of sp³-hybridized carbons (Fsp3) is 0.188. The van der Waals surface area contributed by atoms with Crippen molar-refractivity contribution in [2.24, 2.45) is 0 Å². The van der Waals surface area contributed by atoms with Gasteiger partial charge in [0.2, 0.25) is 0 Å². The molecule has 0 aliphatic rings. The summed E-state index contributed by atoms with van der Waals surface area (Å²) in [6.07, 6.45) is -0.617. The van der Waals surface area contributed by atoms with Crippen LogP contribution in [0.15, 0.2) is 36.4 Å². The molecule has 6 heteroatoms. The van der Waals surface area contributed by atoms with Gasteiger partial charge in [0.1, 0.15) is 17.2 Å². The number of aryl methyl sites for hydroxylation is 1. The van der Waals surface area contributed by atoms with Gasteiger partial charge in [0.05, 0.1) is 19.9 Å². The predicted molar refractivity (Wildman–Crippen MR) is 85.4 cm³/mol. The molecule has 0 spiro atoms. The van der Waals surface area contributed by atoms with Gasteiger partial charge in [-0.3, -0.25) is 5.32 Å². The summed E-state index contributed by atoms with van der Waals surface area (Å²) in [5.74, 6) is 1.54. The molecule has 22 heavy (non-hydrogen) atoms. The third-order valence-corrected chi connectivity index (χ3v) is 3.22. The molecule has 0 atom stereocenters. The van der Waals surface area contributed by atoms with Crippen molar-refractivity contribution >= 4 is 23.4 Å². The number of nitrogens with one attached hydrogen (secondary N) is 1. The maximum Gasteiger partial charge on any atom is 0.417 e. The molecule has 2 aromatic carbocycles. The normalized spacial score (nSPS) is 10.0. The summed E-state index contributed by atoms with van der Waals surface area (Å²) < 4.78 is 15.6. The topological polar surface area (TPSA) is 56.8 Å². The van der Waals surface area contributed by atoms with Crippen molar-refractivity contribution < 1.29 is 19.0 Å². The highest BCUT2D eigenvalue weighted by molar-refractivity contribution is 6.30. The number of hydrogen-bond donors (Lipinski definition) is 1. The van der Waals surface area contributed by atoms with Gasteiger partial charge in [0.15, 0.2) is 0 Å². The van der Waals surface area contributed by atoms with Gasteiger partial charge in [0, 0.05) is 11.1 Å². The minimum atomic E-state index is -0.617. The lowest BCUT2D eigenvalue weighted by Gasteiger charge is -2.12. The third-order valence-electron chi connectivity index (χ3n) is 2.99. The zero-order valence-corrected chi connectivity index (χ0v) is 13.2. The molecular formula is C16H16ClNO4. The third kappa shape index (κ3) is 3.83. The van der Waals surface area contributed by atoms with Crippen LogP contribution < -0.4 is 19.5 Å². The highest BCUT2D eigenvalue weighted by atomic mass is 35.5. The van der Waals surface area contributed by atoms with E-state index in [1.54, 1.807) is 43.5 Å². The van der Waals surface area contributed by atoms with E-state index in [9.17, 15) is 4.79 Å². The molecular weight excluding hydrogens is 306 g/mol. The van der Waals surface area contributed by atoms with E-state index in [-0.39, 0.29) is 0 Å². The van der Waals surface area contributed by atoms with E-state index in [0.29, 0.717) is 28.0 Å². The quantitative estimate of drug-likeness (QED) is 0.913. The summed E-state index contributed by atoms with van der Waals surface area (Å²) >= 11 is 5.87. The SMILES string of the molecule is COc1ccc(NC(=O)Oc2ccc(Cl)cc2C)c(OC)c1. The van der Waals surface area contributed by atoms with Crippen LogP contribution in [0.25, 0.3) is 0 Å². The van der Waals surface area contributed by atoms with Gasteiger partial charge >= 0.3 is 6.09 Å². The maximum absolute atomic E-state index is 12.0. The first-order valence-corrected chi connectivity index (χ1v) is 6.88. The predicted octanol–water partition coefficient (Wildman–Crippen LogP) is 4.28. The van der Waals surface area contributed by atoms with Crippen LogP contribution in [0, 0.1) is 6.92 Å². The number of amides is 1. The Morgan fingerprint density at radius 1 is 1.05 bits per heavy atom. The standard InChI is InChI=1S/C16H16ClNO4/c1-10-8-11(17)4-7-14(10)22-16(19)18-13-6-5-12(20-2)9-15(13)21-3/h4-9H,1-3H3,(H,18,19). The van der Waals surface area contributed by atoms with E-state index in [2.05, 4.69) is 5.32 Å². The van der Waals surface area contributed by atoms with Crippen molar-refractivity contribution in [2.45, 2.75) is 6.92 Å². The van der Waals surface area contributed by atoms with Gasteiger partial charge in [0.25, 0.3) is 0 Å². The molecule has 1 N–H and O–H groups in total. The van der Waals surface area contributed by atoms with Crippen molar-refractivity contribution in [3.8, 4) is 17.2 Å². The summed E-state index contributed by atoms with van der Waals surface area (Å²) in [5.41, 5.74) is 1.25. The van der Waals surface area contributed by atoms with Crippen LogP contribution in [0.2, 0.25) is 5.02 Å². The Bertz CT molecular complexity index is 688. The average molecular weight is 322 g/mol. The molecule has 0 saturated carbocycles. The van der Waals surface area contributed by atoms with Crippen LogP contribution in [0.1, 0.15) is 5.56 Å². The van der Waals surface area contributed by atoms with E-state index in [4.69, 9.17) is 25.8 Å². The van der Waals surface area contributed by atoms with Crippen LogP contribution >= 0.6 is 11.6 Å². The largest absolute Gasteiger partial charge is 0.497 e. The van der Waals surface area contributed by atoms with Crippen molar-refractivity contribution in [3.63, 3.8) is 0 Å². The molecule has 0 aliphatic heterocycles. The minimum Gasteiger partial charge on any atom is -0.497 e. The number of ether oxygens (including phenoxy) is 3. The van der Waals surface area contributed by atoms with Gasteiger partial charge < -0.3 is 14.2 Å². The molecule has 0 aromatic heterocycles. The van der Waals surface area contributed by atoms with Crippen LogP contribution in [0.5, 0.6) is 17.2 Å². The Balaban J connectivity index is 2.12. The molecule has 0 bridgehead atoms. The summed E-state index contributed by atoms with van der Waals surface area (Å²) in [6.45, 7) is 1.81. The Kier molecular flexibility index (Phi) is 5.12. The number of carbonyl (C=O) groups excluding carboxylic acids is 1. The summed E-state index contributed by atoms with van der Waals surface area (Å²) in [7, 11) is 3.06. The first-order valence-electron chi connectivity index (χ1n) is 6.50. The van der Waals surface area contributed by atoms with Crippen molar-refractivity contribution in [1.29, 1.82) is 0 Å². The molecule has 0 saturated heterocycles. The van der Waals surface area contributed by atoms with E-state index in [0.717, 1.165) is 5.56 Å². The number of methoxy groups -OCH3 is 2. The van der Waals surface area contributed by atoms with Crippen LogP contribution in [0.4, 0.5) is 10.5 Å². The highest BCUT2D eigenvalue weighted by Gasteiger charge is 2.12. The monoisotopic (exact) mass is 321 g/mol. The first kappa shape index (κ1) is 16.0. The Labute approximate surface area is 133 Å². The lowest BCUT2D eigenvalue weighted by molar-refractivity contribution is 0.214. The molecule has 5 nitrogen and oxygen atoms in total. The molecule has 0 fully saturated rings. The first-order chi connectivity index (χ1) is 10.5. The van der Waals surface area contributed by atoms with Gasteiger partial charge in [-0.15, -0.1) is 0 Å². The van der Waals surface area contributed by atoms with Gasteiger partial charge in [-0.25, -0.2) is 4.79 Å². The molecule has 0 unspecified atom stereocenters. The van der Waals surface area contributed by atoms with Gasteiger partial charge in [-0.1, -0.05) is 11.6 Å². The maximum atomic E-state index is 12.0. The Morgan fingerprint density at radius 2 is 1.82 bits per heavy atom. The van der Waals surface area contributed by atoms with Crippen LogP contribution in [0.3, 0.4) is 0 Å². The second kappa shape index (κ2) is 7.04. The molecule has 2 rings (SSSR count). The van der Waals surface area contributed by atoms with E-state index < -0.39 is 6.09 Å². The van der Waals surface area contributed by atoms with Gasteiger partial charge in [-0.2, -0.15) is 0 Å². The Hall–Kier alpha value is -2.40. The summed E-state index contributed by atoms with van der Waals surface area (Å²) in [5, 5.41) is 3.21. The number of carbonyl (C=O) groups is 1. The lowest BCUT2D eigenvalue weighted by atomic mass is 10.2. The Morgan fingerprint density at radius 3 is 2.45 bits per heavy atom. The van der Waals surface area contributed by atoms with Crippen LogP contribution in [-0.4, -0.2) is 20.3 Å². The molecule has 1 amide bonds. The average Bonchev–Trinajstić information content (AvgIpc) is 2.50. The number of halogens is 1. The van der Waals surface area contributed by atoms with Gasteiger partial charge in [-0.05, 0) is 42.8 Å². The number of hydrogen-bond acceptors (Lipinski definition) is 4. The number of benzene rings is 2. The fourth-order valence-electron chi connectivity index (χ4n) is 1.86. The smallest absolute Gasteiger partial charge is 0.417 e. The minimum absolute atomic E-state index is 0.439. The molecule has 2 aromatic rings. The second-order valence-electron chi connectivity index (χ2n) is 4.49. The number of anilines is 1. The molecule has 0 aliphatic carbocycles. The second-order valence-corrected chi connectivity index (χ2v) is 4.93. The molecule has 0 heterocycles. The van der Waals surface area contributed by atoms with Crippen molar-refractivity contribution in [3.05, 3.63) is 47.0 Å². The van der Waals surface area contributed by atoms with Crippen molar-refractivity contribution in [1.82, 2.24) is 0 Å². The summed E-state index contributed by atoms with van der Waals surface area (Å²) in [6, 6.07) is 10.1. The molecule has 116 valence electrons. The lowest BCUT2D eigenvalue weighted by Crippen LogP contribution is -2.17. The fourth-order valence-corrected chi connectivity index (χ4v) is 2.09. The van der Waals surface area contributed by atoms with E-state index in [1.165, 1.54) is 7.11 Å². The number of rotatable bonds is 4.